The van der Waals surface area contributed by atoms with Gasteiger partial charge in [0.1, 0.15) is 0 Å². The summed E-state index contributed by atoms with van der Waals surface area (Å²) in [5.41, 5.74) is -0.0301. The largest absolute Gasteiger partial charge is 1.00 e. The molecule has 0 spiro atoms. The van der Waals surface area contributed by atoms with Gasteiger partial charge in [0, 0.05) is 6.20 Å². The van der Waals surface area contributed by atoms with Crippen LogP contribution in [0.15, 0.2) is 24.4 Å². The van der Waals surface area contributed by atoms with Crippen LogP contribution in [-0.4, -0.2) is 11.0 Å². The van der Waals surface area contributed by atoms with Gasteiger partial charge < -0.3 is 9.90 Å². The number of aromatic carboxylic acids is 1. The fourth-order valence-electron chi connectivity index (χ4n) is 0.484. The van der Waals surface area contributed by atoms with E-state index in [1.54, 1.807) is 12.1 Å². The number of aromatic nitrogens is 1. The normalized spacial score (nSPS) is 8.00. The Balaban J connectivity index is 0.000000810. The second kappa shape index (κ2) is 4.05. The molecule has 0 saturated carbocycles. The number of carboxylic acid groups (broad SMARTS) is 1. The number of rotatable bonds is 1. The zero-order chi connectivity index (χ0) is 6.69. The Kier molecular flexibility index (Phi) is 3.70. The summed E-state index contributed by atoms with van der Waals surface area (Å²) in [4.78, 5) is 13.5. The topological polar surface area (TPSA) is 53.0 Å². The van der Waals surface area contributed by atoms with Crippen LogP contribution in [0.4, 0.5) is 0 Å². The van der Waals surface area contributed by atoms with Crippen molar-refractivity contribution in [2.24, 2.45) is 0 Å². The summed E-state index contributed by atoms with van der Waals surface area (Å²) >= 11 is 0. The molecule has 3 nitrogen and oxygen atoms in total. The van der Waals surface area contributed by atoms with Crippen LogP contribution in [0.5, 0.6) is 0 Å². The molecule has 10 heavy (non-hydrogen) atoms. The van der Waals surface area contributed by atoms with Gasteiger partial charge in [-0.2, -0.15) is 0 Å². The van der Waals surface area contributed by atoms with Gasteiger partial charge in [0.15, 0.2) is 0 Å². The number of carbonyl (C=O) groups is 1. The molecule has 0 fully saturated rings. The van der Waals surface area contributed by atoms with Crippen LogP contribution >= 0.6 is 0 Å². The summed E-state index contributed by atoms with van der Waals surface area (Å²) in [5, 5.41) is 10.0. The second-order valence-corrected chi connectivity index (χ2v) is 1.50. The Bertz CT molecular complexity index is 212. The first-order valence-corrected chi connectivity index (χ1v) is 2.43. The van der Waals surface area contributed by atoms with Crippen LogP contribution in [0.3, 0.4) is 0 Å². The summed E-state index contributed by atoms with van der Waals surface area (Å²) in [5.74, 6) is -1.24. The molecule has 1 aromatic heterocycles. The van der Waals surface area contributed by atoms with E-state index >= 15 is 0 Å². The van der Waals surface area contributed by atoms with Crippen molar-refractivity contribution in [2.45, 2.75) is 0 Å². The number of pyridine rings is 1. The third-order valence-electron chi connectivity index (χ3n) is 0.874. The number of hydrogen-bond donors (Lipinski definition) is 0. The minimum absolute atomic E-state index is 0. The van der Waals surface area contributed by atoms with Crippen LogP contribution in [0.1, 0.15) is 10.5 Å². The number of carboxylic acids is 1. The van der Waals surface area contributed by atoms with E-state index in [1.165, 1.54) is 12.3 Å². The van der Waals surface area contributed by atoms with Crippen molar-refractivity contribution in [3.63, 3.8) is 0 Å². The van der Waals surface area contributed by atoms with Gasteiger partial charge in [-0.25, -0.2) is 0 Å². The zero-order valence-electron chi connectivity index (χ0n) is 4.98. The van der Waals surface area contributed by atoms with Gasteiger partial charge in [0.25, 0.3) is 0 Å². The first-order chi connectivity index (χ1) is 4.30. The van der Waals surface area contributed by atoms with E-state index in [0.717, 1.165) is 0 Å². The first-order valence-electron chi connectivity index (χ1n) is 2.43. The van der Waals surface area contributed by atoms with Crippen molar-refractivity contribution < 1.29 is 27.3 Å². The summed E-state index contributed by atoms with van der Waals surface area (Å²) in [6.45, 7) is 0. The third kappa shape index (κ3) is 2.18. The number of hydrogen-bond acceptors (Lipinski definition) is 3. The Morgan fingerprint density at radius 2 is 2.20 bits per heavy atom. The van der Waals surface area contributed by atoms with Gasteiger partial charge in [0.05, 0.1) is 11.7 Å². The predicted molar refractivity (Wildman–Crippen MR) is 28.6 cm³/mol. The maximum atomic E-state index is 10.0. The second-order valence-electron chi connectivity index (χ2n) is 1.50. The van der Waals surface area contributed by atoms with Crippen molar-refractivity contribution in [1.82, 2.24) is 4.98 Å². The monoisotopic (exact) mass is 174 g/mol. The summed E-state index contributed by atoms with van der Waals surface area (Å²) in [7, 11) is 0. The van der Waals surface area contributed by atoms with Crippen molar-refractivity contribution >= 4 is 5.97 Å². The molecule has 0 aliphatic carbocycles. The van der Waals surface area contributed by atoms with E-state index < -0.39 is 5.97 Å². The predicted octanol–water partition coefficient (Wildman–Crippen LogP) is -0.557. The average molecular weight is 174 g/mol. The molecule has 0 saturated heterocycles. The van der Waals surface area contributed by atoms with Crippen LogP contribution in [-0.2, 0) is 17.4 Å². The van der Waals surface area contributed by atoms with Crippen LogP contribution in [0.2, 0.25) is 0 Å². The minimum atomic E-state index is -1.24. The first kappa shape index (κ1) is 9.15. The Morgan fingerprint density at radius 3 is 2.50 bits per heavy atom. The van der Waals surface area contributed by atoms with Gasteiger partial charge in [-0.05, 0) is 12.1 Å². The molecule has 0 aliphatic rings. The van der Waals surface area contributed by atoms with Gasteiger partial charge in [-0.15, -0.1) is 0 Å². The maximum absolute atomic E-state index is 10.0. The standard InChI is InChI=1S/C6H5NO2.Cr/c8-6(9)5-3-1-2-4-7-5;/h1-4H,(H,8,9);/q;+1/p-1. The number of nitrogens with zero attached hydrogens (tertiary/aromatic N) is 1. The molecular formula is C6H4CrNO2. The summed E-state index contributed by atoms with van der Waals surface area (Å²) < 4.78 is 0. The third-order valence-corrected chi connectivity index (χ3v) is 0.874. The minimum Gasteiger partial charge on any atom is -0.543 e. The molecule has 0 amide bonds. The van der Waals surface area contributed by atoms with E-state index in [9.17, 15) is 9.90 Å². The molecule has 1 aromatic rings. The summed E-state index contributed by atoms with van der Waals surface area (Å²) in [6, 6.07) is 4.62. The molecule has 0 atom stereocenters. The molecule has 0 unspecified atom stereocenters. The van der Waals surface area contributed by atoms with Crippen molar-refractivity contribution in [1.29, 1.82) is 0 Å². The molecule has 1 rings (SSSR count). The average Bonchev–Trinajstić information content (AvgIpc) is 1.90. The summed E-state index contributed by atoms with van der Waals surface area (Å²) in [6.07, 6.45) is 1.41. The van der Waals surface area contributed by atoms with Gasteiger partial charge >= 0.3 is 17.4 Å². The molecule has 51 valence electrons. The van der Waals surface area contributed by atoms with E-state index in [2.05, 4.69) is 4.98 Å². The molecule has 0 aliphatic heterocycles. The molecule has 1 heterocycles. The van der Waals surface area contributed by atoms with Crippen LogP contribution in [0, 0.1) is 0 Å². The SMILES string of the molecule is O=C([O-])c1ccccn1.[Cr+]. The Hall–Kier alpha value is -0.848. The van der Waals surface area contributed by atoms with Gasteiger partial charge in [-0.3, -0.25) is 4.98 Å². The number of carbonyl (C=O) groups excluding carboxylic acids is 1. The quantitative estimate of drug-likeness (QED) is 0.573. The van der Waals surface area contributed by atoms with Crippen LogP contribution in [0.25, 0.3) is 0 Å². The van der Waals surface area contributed by atoms with E-state index in [1.807, 2.05) is 0 Å². The molecule has 0 bridgehead atoms. The molecule has 0 N–H and O–H groups in total. The van der Waals surface area contributed by atoms with E-state index in [4.69, 9.17) is 0 Å². The van der Waals surface area contributed by atoms with Crippen molar-refractivity contribution in [2.75, 3.05) is 0 Å². The maximum Gasteiger partial charge on any atom is 1.00 e. The van der Waals surface area contributed by atoms with Gasteiger partial charge in [0.2, 0.25) is 0 Å². The molecule has 1 radical (unpaired) electrons. The van der Waals surface area contributed by atoms with E-state index in [0.29, 0.717) is 0 Å². The Labute approximate surface area is 68.8 Å². The smallest absolute Gasteiger partial charge is 0.543 e. The molecule has 0 aromatic carbocycles. The molecule has 4 heteroatoms. The fourth-order valence-corrected chi connectivity index (χ4v) is 0.484. The van der Waals surface area contributed by atoms with Gasteiger partial charge in [-0.1, -0.05) is 6.07 Å². The van der Waals surface area contributed by atoms with Crippen molar-refractivity contribution in [3.8, 4) is 0 Å². The molecular weight excluding hydrogens is 170 g/mol. The Morgan fingerprint density at radius 1 is 1.50 bits per heavy atom. The zero-order valence-corrected chi connectivity index (χ0v) is 6.26. The van der Waals surface area contributed by atoms with E-state index in [-0.39, 0.29) is 23.1 Å². The van der Waals surface area contributed by atoms with Crippen LogP contribution < -0.4 is 5.11 Å². The van der Waals surface area contributed by atoms with Crippen molar-refractivity contribution in [3.05, 3.63) is 30.1 Å². The fraction of sp³-hybridized carbons (Fsp3) is 0.